The summed E-state index contributed by atoms with van der Waals surface area (Å²) in [6.45, 7) is 0.0289. The smallest absolute Gasteiger partial charge is 0.381 e. The predicted octanol–water partition coefficient (Wildman–Crippen LogP) is 0.248. The Kier molecular flexibility index (Phi) is 8.59. The molecule has 5 radical (unpaired) electrons. The van der Waals surface area contributed by atoms with Gasteiger partial charge in [-0.15, -0.1) is 12.6 Å². The number of thiol groups is 1. The van der Waals surface area contributed by atoms with E-state index in [0.29, 0.717) is 6.42 Å². The Hall–Kier alpha value is 0.495. The van der Waals surface area contributed by atoms with E-state index in [1.54, 1.807) is 7.11 Å². The second kappa shape index (κ2) is 9.81. The number of rotatable bonds is 10. The lowest BCUT2D eigenvalue weighted by Crippen LogP contribution is -2.39. The van der Waals surface area contributed by atoms with Crippen LogP contribution in [-0.4, -0.2) is 92.5 Å². The minimum atomic E-state index is -3.91. The molecule has 0 saturated carbocycles. The Morgan fingerprint density at radius 2 is 2.08 bits per heavy atom. The molecule has 0 N–H and O–H groups in total. The number of hydrogen-bond donors (Lipinski definition) is 1. The average molecular weight is 403 g/mol. The molecule has 0 bridgehead atoms. The molecular weight excluding hydrogens is 380 g/mol. The first-order chi connectivity index (χ1) is 12.3. The van der Waals surface area contributed by atoms with Crippen LogP contribution in [0.5, 0.6) is 0 Å². The molecule has 26 heavy (non-hydrogen) atoms. The van der Waals surface area contributed by atoms with Gasteiger partial charge in [-0.2, -0.15) is 0 Å². The Morgan fingerprint density at radius 1 is 1.35 bits per heavy atom. The van der Waals surface area contributed by atoms with Crippen LogP contribution in [0.25, 0.3) is 0 Å². The van der Waals surface area contributed by atoms with Gasteiger partial charge >= 0.3 is 7.82 Å². The number of methoxy groups -OCH3 is 2. The van der Waals surface area contributed by atoms with Crippen LogP contribution in [0, 0.1) is 0 Å². The van der Waals surface area contributed by atoms with Gasteiger partial charge in [0.25, 0.3) is 0 Å². The van der Waals surface area contributed by atoms with Crippen molar-refractivity contribution in [1.29, 1.82) is 0 Å². The first-order valence-electron chi connectivity index (χ1n) is 8.16. The van der Waals surface area contributed by atoms with Crippen molar-refractivity contribution in [1.82, 2.24) is 0 Å². The molecule has 2 aliphatic rings. The van der Waals surface area contributed by atoms with Crippen LogP contribution < -0.4 is 0 Å². The SMILES string of the molecule is [B][B][C@H]1C[C@@H](OC)[C@@H](COP(=O)(OC)O[C@@H]2C[C@H]([B])O[C@]2(S)COC)O1. The van der Waals surface area contributed by atoms with E-state index in [2.05, 4.69) is 12.6 Å². The molecule has 0 amide bonds. The molecule has 2 rings (SSSR count). The third-order valence-corrected chi connectivity index (χ3v) is 6.23. The van der Waals surface area contributed by atoms with E-state index in [-0.39, 0.29) is 31.7 Å². The van der Waals surface area contributed by atoms with Crippen molar-refractivity contribution < 1.29 is 37.1 Å². The van der Waals surface area contributed by atoms with Crippen LogP contribution in [0.4, 0.5) is 0 Å². The van der Waals surface area contributed by atoms with Gasteiger partial charge in [0.1, 0.15) is 20.1 Å². The van der Waals surface area contributed by atoms with Gasteiger partial charge in [0.2, 0.25) is 0 Å². The predicted molar refractivity (Wildman–Crippen MR) is 99.9 cm³/mol. The average Bonchev–Trinajstić information content (AvgIpc) is 3.13. The lowest BCUT2D eigenvalue weighted by molar-refractivity contribution is -0.0517. The Balaban J connectivity index is 1.98. The van der Waals surface area contributed by atoms with E-state index >= 15 is 0 Å². The zero-order chi connectivity index (χ0) is 19.4. The lowest BCUT2D eigenvalue weighted by atomic mass is 9.51. The fraction of sp³-hybridized carbons (Fsp3) is 1.00. The van der Waals surface area contributed by atoms with Crippen molar-refractivity contribution >= 4 is 43.2 Å². The van der Waals surface area contributed by atoms with Crippen molar-refractivity contribution in [3.63, 3.8) is 0 Å². The third-order valence-electron chi connectivity index (χ3n) is 4.28. The molecule has 0 aromatic carbocycles. The summed E-state index contributed by atoms with van der Waals surface area (Å²) < 4.78 is 50.5. The molecule has 2 heterocycles. The summed E-state index contributed by atoms with van der Waals surface area (Å²) in [6, 6.07) is -0.890. The van der Waals surface area contributed by atoms with E-state index in [9.17, 15) is 4.57 Å². The summed E-state index contributed by atoms with van der Waals surface area (Å²) in [5, 5.41) is 0. The molecule has 7 atom stereocenters. The van der Waals surface area contributed by atoms with Crippen LogP contribution in [0.2, 0.25) is 0 Å². The second-order valence-electron chi connectivity index (χ2n) is 6.10. The van der Waals surface area contributed by atoms with Gasteiger partial charge in [0.15, 0.2) is 4.93 Å². The van der Waals surface area contributed by atoms with Crippen molar-refractivity contribution in [2.45, 2.75) is 48.1 Å². The van der Waals surface area contributed by atoms with E-state index in [1.165, 1.54) is 21.4 Å². The van der Waals surface area contributed by atoms with Gasteiger partial charge in [-0.05, 0) is 12.8 Å². The number of ether oxygens (including phenoxy) is 4. The van der Waals surface area contributed by atoms with Crippen molar-refractivity contribution in [2.75, 3.05) is 34.5 Å². The van der Waals surface area contributed by atoms with Gasteiger partial charge in [-0.25, -0.2) is 4.57 Å². The molecule has 2 saturated heterocycles. The van der Waals surface area contributed by atoms with Crippen LogP contribution >= 0.6 is 20.5 Å². The maximum atomic E-state index is 12.9. The van der Waals surface area contributed by atoms with Gasteiger partial charge in [0.05, 0.1) is 26.5 Å². The van der Waals surface area contributed by atoms with Crippen molar-refractivity contribution in [3.05, 3.63) is 0 Å². The Labute approximate surface area is 163 Å². The normalized spacial score (nSPS) is 39.8. The topological polar surface area (TPSA) is 81.7 Å². The highest BCUT2D eigenvalue weighted by Crippen LogP contribution is 2.54. The van der Waals surface area contributed by atoms with E-state index in [0.717, 1.165) is 0 Å². The first kappa shape index (κ1) is 22.8. The number of phosphoric acid groups is 1. The molecule has 0 aromatic heterocycles. The van der Waals surface area contributed by atoms with Crippen LogP contribution in [0.15, 0.2) is 0 Å². The maximum Gasteiger partial charge on any atom is 0.475 e. The molecule has 0 aliphatic carbocycles. The Bertz CT molecular complexity index is 506. The highest BCUT2D eigenvalue weighted by Gasteiger charge is 2.49. The van der Waals surface area contributed by atoms with E-state index in [1.807, 2.05) is 0 Å². The molecule has 143 valence electrons. The first-order valence-corrected chi connectivity index (χ1v) is 10.1. The van der Waals surface area contributed by atoms with Crippen molar-refractivity contribution in [3.8, 4) is 0 Å². The highest BCUT2D eigenvalue weighted by molar-refractivity contribution is 7.81. The fourth-order valence-electron chi connectivity index (χ4n) is 2.95. The molecule has 0 aromatic rings. The molecule has 8 nitrogen and oxygen atoms in total. The van der Waals surface area contributed by atoms with Crippen LogP contribution in [-0.2, 0) is 37.1 Å². The fourth-order valence-corrected chi connectivity index (χ4v) is 4.61. The zero-order valence-electron chi connectivity index (χ0n) is 15.1. The number of phosphoric ester groups is 1. The summed E-state index contributed by atoms with van der Waals surface area (Å²) in [6.07, 6.45) is -0.615. The number of hydrogen-bond acceptors (Lipinski definition) is 9. The Morgan fingerprint density at radius 3 is 2.65 bits per heavy atom. The lowest BCUT2D eigenvalue weighted by Gasteiger charge is -2.30. The monoisotopic (exact) mass is 403 g/mol. The zero-order valence-corrected chi connectivity index (χ0v) is 16.9. The molecular formula is C13H23B3O8PS. The minimum Gasteiger partial charge on any atom is -0.381 e. The molecule has 2 aliphatic heterocycles. The van der Waals surface area contributed by atoms with Gasteiger partial charge < -0.3 is 18.9 Å². The molecule has 1 unspecified atom stereocenters. The largest absolute Gasteiger partial charge is 0.475 e. The van der Waals surface area contributed by atoms with Crippen LogP contribution in [0.3, 0.4) is 0 Å². The second-order valence-corrected chi connectivity index (χ2v) is 8.59. The minimum absolute atomic E-state index is 0.0581. The summed E-state index contributed by atoms with van der Waals surface area (Å²) in [5.74, 6) is 0. The molecule has 2 fully saturated rings. The summed E-state index contributed by atoms with van der Waals surface area (Å²) in [5.41, 5.74) is 0. The summed E-state index contributed by atoms with van der Waals surface area (Å²) in [7, 11) is 13.1. The van der Waals surface area contributed by atoms with Gasteiger partial charge in [-0.1, -0.05) is 0 Å². The quantitative estimate of drug-likeness (QED) is 0.316. The standard InChI is InChI=1S/C13H23B3O8PS/c1-18-7-13(26)10(5-11(14)23-13)24-25(17,20-3)21-6-9-8(19-2)4-12(16-15)22-9/h8-12,26H,4-7H2,1-3H3/t8-,9-,10-,11-,12-,13+,25?/m1/s1. The van der Waals surface area contributed by atoms with E-state index in [4.69, 9.17) is 48.1 Å². The summed E-state index contributed by atoms with van der Waals surface area (Å²) >= 11 is 4.43. The maximum absolute atomic E-state index is 12.9. The highest BCUT2D eigenvalue weighted by atomic mass is 32.1. The van der Waals surface area contributed by atoms with Crippen LogP contribution in [0.1, 0.15) is 12.8 Å². The molecule has 13 heteroatoms. The van der Waals surface area contributed by atoms with Gasteiger partial charge in [-0.3, -0.25) is 13.6 Å². The van der Waals surface area contributed by atoms with E-state index < -0.39 is 31.0 Å². The molecule has 0 spiro atoms. The van der Waals surface area contributed by atoms with Crippen molar-refractivity contribution in [2.24, 2.45) is 0 Å². The third kappa shape index (κ3) is 5.52. The van der Waals surface area contributed by atoms with Gasteiger partial charge in [0, 0.05) is 41.1 Å². The summed E-state index contributed by atoms with van der Waals surface area (Å²) in [4.78, 5) is -1.16.